The molecule has 3 N–H and O–H groups in total. The lowest BCUT2D eigenvalue weighted by atomic mass is 10.2. The molecule has 0 heterocycles. The number of urea groups is 1. The molecule has 0 spiro atoms. The normalized spacial score (nSPS) is 9.57. The quantitative estimate of drug-likeness (QED) is 0.750. The van der Waals surface area contributed by atoms with Crippen molar-refractivity contribution in [2.75, 3.05) is 15.9 Å². The predicted molar refractivity (Wildman–Crippen MR) is 77.9 cm³/mol. The topological polar surface area (TPSA) is 111 Å². The highest BCUT2D eigenvalue weighted by Crippen LogP contribution is 2.18. The largest absolute Gasteiger partial charge is 0.733 e. The number of rotatable bonds is 3. The maximum absolute atomic E-state index is 11.8. The Morgan fingerprint density at radius 1 is 1.19 bits per heavy atom. The van der Waals surface area contributed by atoms with E-state index in [0.29, 0.717) is 16.9 Å². The molecule has 0 bridgehead atoms. The van der Waals surface area contributed by atoms with E-state index in [0.717, 1.165) is 0 Å². The van der Waals surface area contributed by atoms with Gasteiger partial charge >= 0.3 is 6.03 Å². The fraction of sp³-hybridized carbons (Fsp3) is 0. The van der Waals surface area contributed by atoms with E-state index in [2.05, 4.69) is 10.6 Å². The second-order valence-corrected chi connectivity index (χ2v) is 4.06. The van der Waals surface area contributed by atoms with Crippen LogP contribution in [0.2, 0.25) is 0 Å². The Kier molecular flexibility index (Phi) is 4.36. The molecule has 0 fully saturated rings. The fourth-order valence-electron chi connectivity index (χ4n) is 1.68. The number of hydrogen-bond donors (Lipinski definition) is 3. The van der Waals surface area contributed by atoms with Crippen LogP contribution in [0.5, 0.6) is 0 Å². The molecule has 0 saturated heterocycles. The summed E-state index contributed by atoms with van der Waals surface area (Å²) >= 11 is 0. The molecule has 0 aliphatic heterocycles. The van der Waals surface area contributed by atoms with Crippen LogP contribution in [0.15, 0.2) is 48.5 Å². The van der Waals surface area contributed by atoms with E-state index in [4.69, 9.17) is 10.5 Å². The molecule has 2 amide bonds. The van der Waals surface area contributed by atoms with Gasteiger partial charge in [0.05, 0.1) is 16.9 Å². The summed E-state index contributed by atoms with van der Waals surface area (Å²) in [5.74, 6) is 0. The highest BCUT2D eigenvalue weighted by Gasteiger charge is 2.06. The molecule has 0 radical (unpaired) electrons. The van der Waals surface area contributed by atoms with Crippen molar-refractivity contribution in [1.82, 2.24) is 0 Å². The summed E-state index contributed by atoms with van der Waals surface area (Å²) in [6.45, 7) is 0. The molecule has 7 nitrogen and oxygen atoms in total. The Bertz CT molecular complexity index is 695. The average molecular weight is 283 g/mol. The zero-order valence-electron chi connectivity index (χ0n) is 10.8. The highest BCUT2D eigenvalue weighted by molar-refractivity contribution is 6.00. The molecule has 106 valence electrons. The van der Waals surface area contributed by atoms with Gasteiger partial charge in [-0.25, -0.2) is 4.79 Å². The first-order chi connectivity index (χ1) is 10.1. The number of benzene rings is 2. The summed E-state index contributed by atoms with van der Waals surface area (Å²) < 4.78 is 0. The van der Waals surface area contributed by atoms with Crippen LogP contribution in [0.25, 0.3) is 0 Å². The Labute approximate surface area is 120 Å². The first-order valence-corrected chi connectivity index (χ1v) is 5.93. The Morgan fingerprint density at radius 2 is 1.95 bits per heavy atom. The Morgan fingerprint density at radius 3 is 2.67 bits per heavy atom. The summed E-state index contributed by atoms with van der Waals surface area (Å²) in [6.07, 6.45) is 0. The lowest BCUT2D eigenvalue weighted by molar-refractivity contribution is 0.262. The molecule has 0 unspecified atom stereocenters. The second kappa shape index (κ2) is 6.38. The van der Waals surface area contributed by atoms with Crippen LogP contribution in [-0.4, -0.2) is 11.2 Å². The number of carbonyl (C=O) groups is 1. The van der Waals surface area contributed by atoms with Crippen LogP contribution < -0.4 is 15.9 Å². The number of nitrogens with zero attached hydrogens (tertiary/aromatic N) is 2. The van der Waals surface area contributed by atoms with Crippen molar-refractivity contribution in [1.29, 1.82) is 5.26 Å². The predicted octanol–water partition coefficient (Wildman–Crippen LogP) is 2.90. The molecule has 2 aromatic rings. The molecule has 21 heavy (non-hydrogen) atoms. The maximum Gasteiger partial charge on any atom is 0.323 e. The molecular weight excluding hydrogens is 272 g/mol. The third-order valence-electron chi connectivity index (χ3n) is 2.62. The minimum absolute atomic E-state index is 0.00905. The summed E-state index contributed by atoms with van der Waals surface area (Å²) in [6, 6.07) is 13.7. The number of para-hydroxylation sites is 1. The number of amides is 2. The number of hydrogen-bond acceptors (Lipinski definition) is 5. The van der Waals surface area contributed by atoms with Gasteiger partial charge < -0.3 is 21.1 Å². The molecule has 0 saturated carbocycles. The van der Waals surface area contributed by atoms with Crippen LogP contribution >= 0.6 is 0 Å². The van der Waals surface area contributed by atoms with Gasteiger partial charge in [0.15, 0.2) is 0 Å². The van der Waals surface area contributed by atoms with Crippen LogP contribution in [0, 0.1) is 16.5 Å². The van der Waals surface area contributed by atoms with E-state index in [9.17, 15) is 10.0 Å². The Balaban J connectivity index is 2.09. The van der Waals surface area contributed by atoms with Crippen molar-refractivity contribution in [2.45, 2.75) is 0 Å². The van der Waals surface area contributed by atoms with E-state index >= 15 is 0 Å². The standard InChI is InChI=1S/C14H11N4O3/c15-9-10-4-1-2-7-13(10)17-14(19)16-11-5-3-6-12(8-11)18(20)21/h1-8,20H,(H2,16,17,19)/q-1. The second-order valence-electron chi connectivity index (χ2n) is 4.06. The lowest BCUT2D eigenvalue weighted by Crippen LogP contribution is -2.20. The lowest BCUT2D eigenvalue weighted by Gasteiger charge is -2.22. The third-order valence-corrected chi connectivity index (χ3v) is 2.62. The number of anilines is 3. The minimum atomic E-state index is -0.565. The van der Waals surface area contributed by atoms with Gasteiger partial charge in [0.25, 0.3) is 0 Å². The van der Waals surface area contributed by atoms with Gasteiger partial charge in [0.2, 0.25) is 0 Å². The van der Waals surface area contributed by atoms with Gasteiger partial charge in [-0.15, -0.1) is 0 Å². The molecule has 0 aromatic heterocycles. The summed E-state index contributed by atoms with van der Waals surface area (Å²) in [5.41, 5.74) is 1.03. The number of nitriles is 1. The summed E-state index contributed by atoms with van der Waals surface area (Å²) in [4.78, 5) is 11.8. The fourth-order valence-corrected chi connectivity index (χ4v) is 1.68. The monoisotopic (exact) mass is 283 g/mol. The van der Waals surface area contributed by atoms with E-state index in [-0.39, 0.29) is 10.9 Å². The van der Waals surface area contributed by atoms with Gasteiger partial charge in [0, 0.05) is 5.69 Å². The van der Waals surface area contributed by atoms with E-state index in [1.54, 1.807) is 30.3 Å². The van der Waals surface area contributed by atoms with Crippen molar-refractivity contribution in [3.8, 4) is 6.07 Å². The highest BCUT2D eigenvalue weighted by atomic mass is 16.8. The van der Waals surface area contributed by atoms with Crippen LogP contribution in [0.3, 0.4) is 0 Å². The molecule has 2 aromatic carbocycles. The minimum Gasteiger partial charge on any atom is -0.733 e. The SMILES string of the molecule is N#Cc1ccccc1NC(=O)Nc1cccc(N([O-])O)c1. The summed E-state index contributed by atoms with van der Waals surface area (Å²) in [5, 5.41) is 33.2. The third kappa shape index (κ3) is 3.70. The first kappa shape index (κ1) is 14.3. The van der Waals surface area contributed by atoms with Crippen LogP contribution in [-0.2, 0) is 0 Å². The zero-order chi connectivity index (χ0) is 15.2. The van der Waals surface area contributed by atoms with E-state index < -0.39 is 6.03 Å². The molecular formula is C14H11N4O3-. The maximum atomic E-state index is 11.8. The van der Waals surface area contributed by atoms with Gasteiger partial charge in [-0.3, -0.25) is 5.21 Å². The van der Waals surface area contributed by atoms with E-state index in [1.807, 2.05) is 6.07 Å². The molecule has 0 aliphatic rings. The number of nitrogens with one attached hydrogen (secondary N) is 2. The van der Waals surface area contributed by atoms with Crippen LogP contribution in [0.4, 0.5) is 21.9 Å². The average Bonchev–Trinajstić information content (AvgIpc) is 2.48. The van der Waals surface area contributed by atoms with Gasteiger partial charge in [-0.05, 0) is 30.3 Å². The van der Waals surface area contributed by atoms with E-state index in [1.165, 1.54) is 18.2 Å². The molecule has 2 rings (SSSR count). The van der Waals surface area contributed by atoms with Gasteiger partial charge in [0.1, 0.15) is 6.07 Å². The van der Waals surface area contributed by atoms with Crippen LogP contribution in [0.1, 0.15) is 5.56 Å². The van der Waals surface area contributed by atoms with Crippen molar-refractivity contribution >= 4 is 23.1 Å². The molecule has 0 atom stereocenters. The number of carbonyl (C=O) groups excluding carboxylic acids is 1. The van der Waals surface area contributed by atoms with Crippen molar-refractivity contribution < 1.29 is 10.0 Å². The Hall–Kier alpha value is -3.08. The van der Waals surface area contributed by atoms with Crippen molar-refractivity contribution in [2.24, 2.45) is 0 Å². The smallest absolute Gasteiger partial charge is 0.323 e. The molecule has 0 aliphatic carbocycles. The van der Waals surface area contributed by atoms with Crippen molar-refractivity contribution in [3.05, 3.63) is 59.3 Å². The molecule has 7 heteroatoms. The van der Waals surface area contributed by atoms with Gasteiger partial charge in [-0.1, -0.05) is 18.2 Å². The first-order valence-electron chi connectivity index (χ1n) is 5.93. The van der Waals surface area contributed by atoms with Crippen molar-refractivity contribution in [3.63, 3.8) is 0 Å². The summed E-state index contributed by atoms with van der Waals surface area (Å²) in [7, 11) is 0. The zero-order valence-corrected chi connectivity index (χ0v) is 10.8. The van der Waals surface area contributed by atoms with Gasteiger partial charge in [-0.2, -0.15) is 5.26 Å².